The van der Waals surface area contributed by atoms with Gasteiger partial charge in [-0.2, -0.15) is 4.31 Å². The maximum atomic E-state index is 13.4. The Morgan fingerprint density at radius 2 is 1.72 bits per heavy atom. The highest BCUT2D eigenvalue weighted by atomic mass is 79.9. The van der Waals surface area contributed by atoms with Crippen molar-refractivity contribution in [2.45, 2.75) is 20.9 Å². The van der Waals surface area contributed by atoms with Crippen LogP contribution < -0.4 is 14.8 Å². The molecular weight excluding hydrogens is 568 g/mol. The number of nitrogens with zero attached hydrogens (tertiary/aromatic N) is 1. The first kappa shape index (κ1) is 25.1. The summed E-state index contributed by atoms with van der Waals surface area (Å²) in [5, 5.41) is 2.83. The molecule has 36 heavy (non-hydrogen) atoms. The molecule has 0 saturated carbocycles. The van der Waals surface area contributed by atoms with Gasteiger partial charge in [-0.1, -0.05) is 39.8 Å². The Labute approximate surface area is 222 Å². The second kappa shape index (κ2) is 10.8. The van der Waals surface area contributed by atoms with E-state index in [2.05, 4.69) is 21.2 Å². The van der Waals surface area contributed by atoms with Crippen LogP contribution in [0.15, 0.2) is 85.9 Å². The van der Waals surface area contributed by atoms with Crippen LogP contribution in [0.4, 0.5) is 0 Å². The van der Waals surface area contributed by atoms with E-state index in [1.165, 1.54) is 22.1 Å². The topological polar surface area (TPSA) is 94.2 Å². The maximum absolute atomic E-state index is 13.4. The van der Waals surface area contributed by atoms with Gasteiger partial charge in [-0.3, -0.25) is 4.79 Å². The largest absolute Gasteiger partial charge is 0.484 e. The zero-order valence-corrected chi connectivity index (χ0v) is 22.3. The molecule has 0 bridgehead atoms. The number of fused-ring (bicyclic) bond motifs is 1. The van der Waals surface area contributed by atoms with E-state index in [1.54, 1.807) is 24.3 Å². The number of ether oxygens (including phenoxy) is 3. The molecule has 2 heterocycles. The average Bonchev–Trinajstić information content (AvgIpc) is 2.90. The molecule has 188 valence electrons. The van der Waals surface area contributed by atoms with E-state index in [4.69, 9.17) is 14.2 Å². The fourth-order valence-corrected chi connectivity index (χ4v) is 6.44. The fraction of sp³-hybridized carbons (Fsp3) is 0.240. The van der Waals surface area contributed by atoms with E-state index in [0.717, 1.165) is 9.37 Å². The van der Waals surface area contributed by atoms with E-state index < -0.39 is 22.2 Å². The number of morpholine rings is 1. The number of para-hydroxylation sites is 2. The Kier molecular flexibility index (Phi) is 7.54. The summed E-state index contributed by atoms with van der Waals surface area (Å²) in [4.78, 5) is 15.0. The highest BCUT2D eigenvalue weighted by molar-refractivity contribution is 9.10. The summed E-state index contributed by atoms with van der Waals surface area (Å²) in [5.74, 6) is 0.678. The van der Waals surface area contributed by atoms with Crippen LogP contribution in [0.1, 0.15) is 10.4 Å². The van der Waals surface area contributed by atoms with E-state index in [1.807, 2.05) is 36.4 Å². The zero-order chi connectivity index (χ0) is 25.1. The molecule has 1 N–H and O–H groups in total. The highest BCUT2D eigenvalue weighted by Crippen LogP contribution is 2.34. The smallest absolute Gasteiger partial charge is 0.255 e. The van der Waals surface area contributed by atoms with Crippen molar-refractivity contribution >= 4 is 43.6 Å². The first-order chi connectivity index (χ1) is 17.4. The summed E-state index contributed by atoms with van der Waals surface area (Å²) in [5.41, 5.74) is 0.236. The highest BCUT2D eigenvalue weighted by Gasteiger charge is 2.29. The lowest BCUT2D eigenvalue weighted by Gasteiger charge is -2.27. The standard InChI is InChI=1S/C25H23BrN2O6S2/c26-17-5-7-18(8-6-17)35-23-10-9-19(36(30,31)28-11-13-32-14-12-28)15-20(23)25(29)27-24-16-33-21-3-1-2-4-22(21)34-24/h1-10,15,24H,11-14,16H2,(H,27,29). The third-order valence-electron chi connectivity index (χ3n) is 5.65. The molecule has 2 aliphatic heterocycles. The van der Waals surface area contributed by atoms with Crippen molar-refractivity contribution in [1.29, 1.82) is 0 Å². The number of sulfonamides is 1. The zero-order valence-electron chi connectivity index (χ0n) is 19.1. The number of rotatable bonds is 6. The fourth-order valence-electron chi connectivity index (χ4n) is 3.82. The predicted molar refractivity (Wildman–Crippen MR) is 138 cm³/mol. The molecular formula is C25H23BrN2O6S2. The molecule has 0 radical (unpaired) electrons. The van der Waals surface area contributed by atoms with Crippen molar-refractivity contribution < 1.29 is 27.4 Å². The first-order valence-corrected chi connectivity index (χ1v) is 14.3. The minimum Gasteiger partial charge on any atom is -0.484 e. The number of amides is 1. The molecule has 8 nitrogen and oxygen atoms in total. The first-order valence-electron chi connectivity index (χ1n) is 11.2. The number of carbonyl (C=O) groups is 1. The van der Waals surface area contributed by atoms with E-state index in [9.17, 15) is 13.2 Å². The summed E-state index contributed by atoms with van der Waals surface area (Å²) in [6, 6.07) is 19.5. The molecule has 3 aromatic carbocycles. The van der Waals surface area contributed by atoms with Crippen molar-refractivity contribution in [2.24, 2.45) is 0 Å². The van der Waals surface area contributed by atoms with Gasteiger partial charge in [-0.15, -0.1) is 0 Å². The second-order valence-corrected chi connectivity index (χ2v) is 12.0. The van der Waals surface area contributed by atoms with Crippen molar-refractivity contribution in [3.05, 3.63) is 76.8 Å². The quantitative estimate of drug-likeness (QED) is 0.461. The molecule has 3 aromatic rings. The number of nitrogens with one attached hydrogen (secondary N) is 1. The van der Waals surface area contributed by atoms with E-state index in [-0.39, 0.29) is 30.2 Å². The van der Waals surface area contributed by atoms with E-state index >= 15 is 0 Å². The third kappa shape index (κ3) is 5.55. The van der Waals surface area contributed by atoms with E-state index in [0.29, 0.717) is 29.6 Å². The van der Waals surface area contributed by atoms with Crippen molar-refractivity contribution in [1.82, 2.24) is 9.62 Å². The summed E-state index contributed by atoms with van der Waals surface area (Å²) in [6.45, 7) is 1.34. The Bertz CT molecular complexity index is 1360. The van der Waals surface area contributed by atoms with Gasteiger partial charge in [0.05, 0.1) is 23.7 Å². The minimum atomic E-state index is -3.78. The normalized spacial score (nSPS) is 18.0. The molecule has 1 unspecified atom stereocenters. The monoisotopic (exact) mass is 590 g/mol. The number of benzene rings is 3. The molecule has 0 aromatic heterocycles. The van der Waals surface area contributed by atoms with Gasteiger partial charge in [-0.25, -0.2) is 8.42 Å². The van der Waals surface area contributed by atoms with Gasteiger partial charge in [0.15, 0.2) is 11.5 Å². The summed E-state index contributed by atoms with van der Waals surface area (Å²) >= 11 is 4.80. The van der Waals surface area contributed by atoms with Crippen molar-refractivity contribution in [2.75, 3.05) is 32.9 Å². The Balaban J connectivity index is 1.44. The van der Waals surface area contributed by atoms with Crippen LogP contribution in [-0.2, 0) is 14.8 Å². The lowest BCUT2D eigenvalue weighted by Crippen LogP contribution is -2.45. The molecule has 0 spiro atoms. The average molecular weight is 592 g/mol. The van der Waals surface area contributed by atoms with Crippen LogP contribution in [0.5, 0.6) is 11.5 Å². The van der Waals surface area contributed by atoms with Crippen LogP contribution in [0.2, 0.25) is 0 Å². The molecule has 1 atom stereocenters. The van der Waals surface area contributed by atoms with Gasteiger partial charge in [0, 0.05) is 27.4 Å². The Morgan fingerprint density at radius 3 is 2.47 bits per heavy atom. The van der Waals surface area contributed by atoms with Gasteiger partial charge in [0.25, 0.3) is 5.91 Å². The van der Waals surface area contributed by atoms with Gasteiger partial charge >= 0.3 is 0 Å². The van der Waals surface area contributed by atoms with Crippen LogP contribution in [0.25, 0.3) is 0 Å². The van der Waals surface area contributed by atoms with Crippen molar-refractivity contribution in [3.63, 3.8) is 0 Å². The lowest BCUT2D eigenvalue weighted by atomic mass is 10.2. The number of hydrogen-bond acceptors (Lipinski definition) is 7. The molecule has 5 rings (SSSR count). The second-order valence-electron chi connectivity index (χ2n) is 8.07. The van der Waals surface area contributed by atoms with Crippen LogP contribution in [0.3, 0.4) is 0 Å². The Morgan fingerprint density at radius 1 is 1.00 bits per heavy atom. The molecule has 11 heteroatoms. The van der Waals surface area contributed by atoms with Crippen LogP contribution in [-0.4, -0.2) is 57.8 Å². The Hall–Kier alpha value is -2.57. The number of carbonyl (C=O) groups excluding carboxylic acids is 1. The molecule has 2 aliphatic rings. The molecule has 1 saturated heterocycles. The number of hydrogen-bond donors (Lipinski definition) is 1. The maximum Gasteiger partial charge on any atom is 0.255 e. The van der Waals surface area contributed by atoms with Crippen LogP contribution in [0, 0.1) is 0 Å². The predicted octanol–water partition coefficient (Wildman–Crippen LogP) is 4.15. The third-order valence-corrected chi connectivity index (χ3v) is 9.15. The molecule has 1 amide bonds. The SMILES string of the molecule is O=C(NC1COc2ccccc2O1)c1cc(S(=O)(=O)N2CCOCC2)ccc1Sc1ccc(Br)cc1. The molecule has 1 fully saturated rings. The van der Waals surface area contributed by atoms with Gasteiger partial charge in [0.1, 0.15) is 6.61 Å². The van der Waals surface area contributed by atoms with Crippen molar-refractivity contribution in [3.8, 4) is 11.5 Å². The van der Waals surface area contributed by atoms with Gasteiger partial charge < -0.3 is 19.5 Å². The van der Waals surface area contributed by atoms with Gasteiger partial charge in [0.2, 0.25) is 16.3 Å². The lowest BCUT2D eigenvalue weighted by molar-refractivity contribution is 0.0545. The minimum absolute atomic E-state index is 0.0564. The number of halogens is 1. The van der Waals surface area contributed by atoms with Gasteiger partial charge in [-0.05, 0) is 54.6 Å². The summed E-state index contributed by atoms with van der Waals surface area (Å²) in [6.07, 6.45) is -0.725. The summed E-state index contributed by atoms with van der Waals surface area (Å²) in [7, 11) is -3.78. The summed E-state index contributed by atoms with van der Waals surface area (Å²) < 4.78 is 45.7. The van der Waals surface area contributed by atoms with Crippen LogP contribution >= 0.6 is 27.7 Å². The molecule has 0 aliphatic carbocycles.